The zero-order valence-corrected chi connectivity index (χ0v) is 9.66. The highest BCUT2D eigenvalue weighted by Gasteiger charge is 2.05. The van der Waals surface area contributed by atoms with Crippen LogP contribution in [0.25, 0.3) is 11.0 Å². The molecule has 0 aliphatic rings. The van der Waals surface area contributed by atoms with Crippen LogP contribution in [0.4, 0.5) is 5.82 Å². The van der Waals surface area contributed by atoms with Crippen LogP contribution in [0.2, 0.25) is 0 Å². The summed E-state index contributed by atoms with van der Waals surface area (Å²) in [6.07, 6.45) is 3.45. The quantitative estimate of drug-likeness (QED) is 0.808. The van der Waals surface area contributed by atoms with E-state index in [1.807, 2.05) is 19.2 Å². The van der Waals surface area contributed by atoms with Crippen molar-refractivity contribution in [3.05, 3.63) is 24.6 Å². The molecule has 0 saturated carbocycles. The molecule has 0 bridgehead atoms. The van der Waals surface area contributed by atoms with Gasteiger partial charge in [0.2, 0.25) is 0 Å². The summed E-state index contributed by atoms with van der Waals surface area (Å²) in [6.45, 7) is 4.09. The fourth-order valence-electron chi connectivity index (χ4n) is 1.73. The largest absolute Gasteiger partial charge is 0.464 e. The van der Waals surface area contributed by atoms with Crippen LogP contribution in [-0.2, 0) is 0 Å². The van der Waals surface area contributed by atoms with Gasteiger partial charge in [-0.05, 0) is 31.6 Å². The Hall–Kier alpha value is -1.55. The van der Waals surface area contributed by atoms with Crippen LogP contribution in [-0.4, -0.2) is 25.1 Å². The van der Waals surface area contributed by atoms with Crippen molar-refractivity contribution in [1.82, 2.24) is 10.3 Å². The normalized spacial score (nSPS) is 12.9. The second-order valence-electron chi connectivity index (χ2n) is 4.04. The fourth-order valence-corrected chi connectivity index (χ4v) is 1.73. The predicted octanol–water partition coefficient (Wildman–Crippen LogP) is 2.10. The Labute approximate surface area is 95.1 Å². The molecular weight excluding hydrogens is 202 g/mol. The molecule has 16 heavy (non-hydrogen) atoms. The third-order valence-corrected chi connectivity index (χ3v) is 2.55. The Bertz CT molecular complexity index is 452. The molecular formula is C12H17N3O. The molecule has 2 aromatic heterocycles. The summed E-state index contributed by atoms with van der Waals surface area (Å²) in [7, 11) is 1.96. The van der Waals surface area contributed by atoms with Crippen LogP contribution in [0.3, 0.4) is 0 Å². The highest BCUT2D eigenvalue weighted by Crippen LogP contribution is 2.21. The molecule has 0 aliphatic heterocycles. The van der Waals surface area contributed by atoms with Crippen LogP contribution in [0.15, 0.2) is 29.0 Å². The van der Waals surface area contributed by atoms with E-state index in [1.54, 1.807) is 12.5 Å². The first-order valence-corrected chi connectivity index (χ1v) is 5.52. The maximum Gasteiger partial charge on any atom is 0.139 e. The van der Waals surface area contributed by atoms with Gasteiger partial charge in [0.25, 0.3) is 0 Å². The average molecular weight is 219 g/mol. The van der Waals surface area contributed by atoms with Gasteiger partial charge in [0, 0.05) is 12.7 Å². The third kappa shape index (κ3) is 2.33. The Morgan fingerprint density at radius 2 is 2.25 bits per heavy atom. The third-order valence-electron chi connectivity index (χ3n) is 2.55. The minimum atomic E-state index is 0.564. The van der Waals surface area contributed by atoms with Crippen molar-refractivity contribution in [1.29, 1.82) is 0 Å². The van der Waals surface area contributed by atoms with E-state index in [2.05, 4.69) is 22.5 Å². The molecule has 1 unspecified atom stereocenters. The molecule has 0 fully saturated rings. The van der Waals surface area contributed by atoms with E-state index in [0.29, 0.717) is 5.92 Å². The maximum atomic E-state index is 5.32. The highest BCUT2D eigenvalue weighted by atomic mass is 16.3. The number of anilines is 1. The minimum Gasteiger partial charge on any atom is -0.464 e. The van der Waals surface area contributed by atoms with Crippen molar-refractivity contribution in [3.8, 4) is 0 Å². The molecule has 0 radical (unpaired) electrons. The molecule has 0 saturated heterocycles. The lowest BCUT2D eigenvalue weighted by molar-refractivity contribution is 0.569. The number of hydrogen-bond acceptors (Lipinski definition) is 4. The van der Waals surface area contributed by atoms with Gasteiger partial charge in [-0.1, -0.05) is 6.92 Å². The lowest BCUT2D eigenvalue weighted by Crippen LogP contribution is -2.23. The molecule has 0 aromatic carbocycles. The van der Waals surface area contributed by atoms with Crippen molar-refractivity contribution in [2.75, 3.05) is 25.5 Å². The monoisotopic (exact) mass is 219 g/mol. The summed E-state index contributed by atoms with van der Waals surface area (Å²) in [5.41, 5.74) is 0.874. The van der Waals surface area contributed by atoms with E-state index in [1.165, 1.54) is 0 Å². The van der Waals surface area contributed by atoms with Gasteiger partial charge < -0.3 is 15.1 Å². The number of fused-ring (bicyclic) bond motifs is 1. The van der Waals surface area contributed by atoms with Crippen LogP contribution in [0.1, 0.15) is 6.92 Å². The van der Waals surface area contributed by atoms with Crippen LogP contribution in [0, 0.1) is 5.92 Å². The SMILES string of the molecule is CNCC(C)CNc1nccc2occc12. The van der Waals surface area contributed by atoms with Crippen molar-refractivity contribution in [3.63, 3.8) is 0 Å². The lowest BCUT2D eigenvalue weighted by Gasteiger charge is -2.12. The summed E-state index contributed by atoms with van der Waals surface area (Å²) < 4.78 is 5.32. The number of pyridine rings is 1. The van der Waals surface area contributed by atoms with Crippen molar-refractivity contribution in [2.45, 2.75) is 6.92 Å². The van der Waals surface area contributed by atoms with Gasteiger partial charge in [-0.3, -0.25) is 0 Å². The van der Waals surface area contributed by atoms with E-state index in [0.717, 1.165) is 29.9 Å². The van der Waals surface area contributed by atoms with Gasteiger partial charge in [-0.25, -0.2) is 4.98 Å². The smallest absolute Gasteiger partial charge is 0.139 e. The molecule has 1 atom stereocenters. The molecule has 2 N–H and O–H groups in total. The second-order valence-corrected chi connectivity index (χ2v) is 4.04. The first-order chi connectivity index (χ1) is 7.81. The summed E-state index contributed by atoms with van der Waals surface area (Å²) >= 11 is 0. The lowest BCUT2D eigenvalue weighted by atomic mass is 10.2. The van der Waals surface area contributed by atoms with E-state index in [4.69, 9.17) is 4.42 Å². The Kier molecular flexibility index (Phi) is 3.41. The van der Waals surface area contributed by atoms with Crippen LogP contribution >= 0.6 is 0 Å². The van der Waals surface area contributed by atoms with Gasteiger partial charge >= 0.3 is 0 Å². The first-order valence-electron chi connectivity index (χ1n) is 5.52. The Morgan fingerprint density at radius 1 is 1.38 bits per heavy atom. The second kappa shape index (κ2) is 4.99. The van der Waals surface area contributed by atoms with Gasteiger partial charge in [0.1, 0.15) is 11.4 Å². The Morgan fingerprint density at radius 3 is 3.06 bits per heavy atom. The Balaban J connectivity index is 2.06. The van der Waals surface area contributed by atoms with E-state index >= 15 is 0 Å². The van der Waals surface area contributed by atoms with Gasteiger partial charge in [0.05, 0.1) is 11.6 Å². The summed E-state index contributed by atoms with van der Waals surface area (Å²) in [6, 6.07) is 3.81. The fraction of sp³-hybridized carbons (Fsp3) is 0.417. The number of nitrogens with zero attached hydrogens (tertiary/aromatic N) is 1. The molecule has 4 heteroatoms. The highest BCUT2D eigenvalue weighted by molar-refractivity contribution is 5.87. The van der Waals surface area contributed by atoms with Crippen molar-refractivity contribution >= 4 is 16.8 Å². The molecule has 2 rings (SSSR count). The number of rotatable bonds is 5. The van der Waals surface area contributed by atoms with Crippen molar-refractivity contribution < 1.29 is 4.42 Å². The van der Waals surface area contributed by atoms with Gasteiger partial charge in [0.15, 0.2) is 0 Å². The molecule has 0 spiro atoms. The summed E-state index contributed by atoms with van der Waals surface area (Å²) in [4.78, 5) is 4.32. The molecule has 0 amide bonds. The standard InChI is InChI=1S/C12H17N3O/c1-9(7-13-2)8-15-12-10-4-6-16-11(10)3-5-14-12/h3-6,9,13H,7-8H2,1-2H3,(H,14,15). The number of furan rings is 1. The number of hydrogen-bond donors (Lipinski definition) is 2. The zero-order chi connectivity index (χ0) is 11.4. The summed E-state index contributed by atoms with van der Waals surface area (Å²) in [5, 5.41) is 7.55. The maximum absolute atomic E-state index is 5.32. The molecule has 2 aromatic rings. The van der Waals surface area contributed by atoms with Crippen LogP contribution in [0.5, 0.6) is 0 Å². The molecule has 2 heterocycles. The van der Waals surface area contributed by atoms with E-state index in [9.17, 15) is 0 Å². The molecule has 86 valence electrons. The average Bonchev–Trinajstić information content (AvgIpc) is 2.75. The van der Waals surface area contributed by atoms with Gasteiger partial charge in [-0.2, -0.15) is 0 Å². The van der Waals surface area contributed by atoms with E-state index in [-0.39, 0.29) is 0 Å². The zero-order valence-electron chi connectivity index (χ0n) is 9.66. The first kappa shape index (κ1) is 11.0. The number of nitrogens with one attached hydrogen (secondary N) is 2. The predicted molar refractivity (Wildman–Crippen MR) is 65.6 cm³/mol. The van der Waals surface area contributed by atoms with E-state index < -0.39 is 0 Å². The summed E-state index contributed by atoms with van der Waals surface area (Å²) in [5.74, 6) is 1.46. The molecule has 4 nitrogen and oxygen atoms in total. The minimum absolute atomic E-state index is 0.564. The van der Waals surface area contributed by atoms with Crippen LogP contribution < -0.4 is 10.6 Å². The number of aromatic nitrogens is 1. The van der Waals surface area contributed by atoms with Gasteiger partial charge in [-0.15, -0.1) is 0 Å². The molecule has 0 aliphatic carbocycles. The topological polar surface area (TPSA) is 50.1 Å². The van der Waals surface area contributed by atoms with Crippen molar-refractivity contribution in [2.24, 2.45) is 5.92 Å².